The largest absolute Gasteiger partial charge is 0.398 e. The molecule has 16 heavy (non-hydrogen) atoms. The second-order valence-electron chi connectivity index (χ2n) is 4.04. The van der Waals surface area contributed by atoms with Crippen LogP contribution in [0.3, 0.4) is 0 Å². The summed E-state index contributed by atoms with van der Waals surface area (Å²) in [6.45, 7) is 2.02. The van der Waals surface area contributed by atoms with Crippen molar-refractivity contribution in [3.8, 4) is 0 Å². The van der Waals surface area contributed by atoms with Crippen LogP contribution in [0.4, 0.5) is 5.69 Å². The van der Waals surface area contributed by atoms with Crippen molar-refractivity contribution < 1.29 is 0 Å². The zero-order chi connectivity index (χ0) is 11.1. The molecule has 0 radical (unpaired) electrons. The minimum atomic E-state index is 0.829. The smallest absolute Gasteiger partial charge is 0.0730 e. The van der Waals surface area contributed by atoms with E-state index in [9.17, 15) is 0 Å². The Morgan fingerprint density at radius 3 is 2.69 bits per heavy atom. The van der Waals surface area contributed by atoms with Crippen molar-refractivity contribution in [2.45, 2.75) is 6.92 Å². The molecule has 0 aliphatic heterocycles. The van der Waals surface area contributed by atoms with Crippen LogP contribution in [0, 0.1) is 6.92 Å². The minimum Gasteiger partial charge on any atom is -0.398 e. The predicted molar refractivity (Wildman–Crippen MR) is 68.4 cm³/mol. The molecule has 2 heteroatoms. The fourth-order valence-electron chi connectivity index (χ4n) is 1.98. The quantitative estimate of drug-likeness (QED) is 0.455. The van der Waals surface area contributed by atoms with E-state index >= 15 is 0 Å². The van der Waals surface area contributed by atoms with E-state index in [4.69, 9.17) is 5.73 Å². The van der Waals surface area contributed by atoms with E-state index in [-0.39, 0.29) is 0 Å². The van der Waals surface area contributed by atoms with Crippen LogP contribution in [0.1, 0.15) is 5.56 Å². The number of fused-ring (bicyclic) bond motifs is 2. The second-order valence-corrected chi connectivity index (χ2v) is 4.04. The van der Waals surface area contributed by atoms with Crippen molar-refractivity contribution in [1.29, 1.82) is 0 Å². The average Bonchev–Trinajstić information content (AvgIpc) is 2.32. The minimum absolute atomic E-state index is 0.829. The number of nitrogens with two attached hydrogens (primary N) is 1. The summed E-state index contributed by atoms with van der Waals surface area (Å²) in [5.74, 6) is 0. The van der Waals surface area contributed by atoms with E-state index in [1.807, 2.05) is 37.3 Å². The molecule has 0 aliphatic carbocycles. The van der Waals surface area contributed by atoms with Gasteiger partial charge in [-0.05, 0) is 30.7 Å². The van der Waals surface area contributed by atoms with Crippen LogP contribution in [0.15, 0.2) is 42.5 Å². The summed E-state index contributed by atoms with van der Waals surface area (Å²) in [6.07, 6.45) is 0. The van der Waals surface area contributed by atoms with Gasteiger partial charge in [-0.15, -0.1) is 0 Å². The molecule has 78 valence electrons. The number of rotatable bonds is 0. The van der Waals surface area contributed by atoms with E-state index in [0.29, 0.717) is 0 Å². The maximum Gasteiger partial charge on any atom is 0.0730 e. The molecule has 0 spiro atoms. The van der Waals surface area contributed by atoms with Gasteiger partial charge in [-0.2, -0.15) is 0 Å². The molecular weight excluding hydrogens is 196 g/mol. The highest BCUT2D eigenvalue weighted by Crippen LogP contribution is 2.26. The topological polar surface area (TPSA) is 38.9 Å². The summed E-state index contributed by atoms with van der Waals surface area (Å²) in [5, 5.41) is 2.17. The molecule has 0 saturated carbocycles. The number of aryl methyl sites for hydroxylation is 1. The zero-order valence-electron chi connectivity index (χ0n) is 9.07. The Hall–Kier alpha value is -2.09. The van der Waals surface area contributed by atoms with Gasteiger partial charge >= 0.3 is 0 Å². The number of anilines is 1. The number of nitrogen functional groups attached to an aromatic ring is 1. The van der Waals surface area contributed by atoms with Crippen molar-refractivity contribution in [2.75, 3.05) is 5.73 Å². The van der Waals surface area contributed by atoms with Crippen LogP contribution < -0.4 is 5.73 Å². The summed E-state index contributed by atoms with van der Waals surface area (Å²) in [5.41, 5.74) is 9.97. The van der Waals surface area contributed by atoms with E-state index in [2.05, 4.69) is 17.1 Å². The van der Waals surface area contributed by atoms with Gasteiger partial charge < -0.3 is 5.73 Å². The lowest BCUT2D eigenvalue weighted by Gasteiger charge is -2.06. The first kappa shape index (κ1) is 9.16. The van der Waals surface area contributed by atoms with Crippen LogP contribution in [0.2, 0.25) is 0 Å². The molecule has 2 N–H and O–H groups in total. The lowest BCUT2D eigenvalue weighted by Crippen LogP contribution is -1.92. The van der Waals surface area contributed by atoms with Gasteiger partial charge in [0.05, 0.1) is 11.0 Å². The van der Waals surface area contributed by atoms with Crippen molar-refractivity contribution in [2.24, 2.45) is 0 Å². The van der Waals surface area contributed by atoms with Gasteiger partial charge in [0, 0.05) is 16.5 Å². The van der Waals surface area contributed by atoms with E-state index < -0.39 is 0 Å². The molecule has 2 nitrogen and oxygen atoms in total. The van der Waals surface area contributed by atoms with Gasteiger partial charge in [-0.25, -0.2) is 4.98 Å². The van der Waals surface area contributed by atoms with E-state index in [1.165, 1.54) is 0 Å². The average molecular weight is 208 g/mol. The molecule has 0 fully saturated rings. The predicted octanol–water partition coefficient (Wildman–Crippen LogP) is 3.28. The third kappa shape index (κ3) is 1.23. The standard InChI is InChI=1S/C14H12N2/c1-9-6-7-13-11(14(9)15)8-10-4-2-3-5-12(10)16-13/h2-8H,15H2,1H3. The second kappa shape index (κ2) is 3.20. The molecular formula is C14H12N2. The molecule has 0 bridgehead atoms. The lowest BCUT2D eigenvalue weighted by molar-refractivity contribution is 1.45. The number of nitrogens with zero attached hydrogens (tertiary/aromatic N) is 1. The number of aromatic nitrogens is 1. The summed E-state index contributed by atoms with van der Waals surface area (Å²) in [6, 6.07) is 14.2. The molecule has 3 rings (SSSR count). The molecule has 1 aromatic heterocycles. The van der Waals surface area contributed by atoms with Gasteiger partial charge in [0.1, 0.15) is 0 Å². The molecule has 0 amide bonds. The van der Waals surface area contributed by atoms with Crippen molar-refractivity contribution in [3.63, 3.8) is 0 Å². The monoisotopic (exact) mass is 208 g/mol. The summed E-state index contributed by atoms with van der Waals surface area (Å²) in [4.78, 5) is 4.60. The molecule has 2 aromatic carbocycles. The zero-order valence-corrected chi connectivity index (χ0v) is 9.07. The van der Waals surface area contributed by atoms with Crippen LogP contribution in [-0.2, 0) is 0 Å². The van der Waals surface area contributed by atoms with Crippen LogP contribution >= 0.6 is 0 Å². The van der Waals surface area contributed by atoms with Crippen molar-refractivity contribution >= 4 is 27.5 Å². The maximum absolute atomic E-state index is 6.07. The highest BCUT2D eigenvalue weighted by molar-refractivity contribution is 5.99. The molecule has 0 saturated heterocycles. The molecule has 0 atom stereocenters. The Morgan fingerprint density at radius 1 is 1.00 bits per heavy atom. The Bertz CT molecular complexity index is 687. The van der Waals surface area contributed by atoms with Crippen molar-refractivity contribution in [3.05, 3.63) is 48.0 Å². The molecule has 3 aromatic rings. The van der Waals surface area contributed by atoms with E-state index in [0.717, 1.165) is 33.1 Å². The van der Waals surface area contributed by atoms with Gasteiger partial charge in [0.25, 0.3) is 0 Å². The number of pyridine rings is 1. The maximum atomic E-state index is 6.07. The highest BCUT2D eigenvalue weighted by Gasteiger charge is 2.03. The Balaban J connectivity index is 2.51. The first-order valence-corrected chi connectivity index (χ1v) is 5.30. The normalized spacial score (nSPS) is 11.1. The fraction of sp³-hybridized carbons (Fsp3) is 0.0714. The number of hydrogen-bond acceptors (Lipinski definition) is 2. The number of hydrogen-bond donors (Lipinski definition) is 1. The summed E-state index contributed by atoms with van der Waals surface area (Å²) >= 11 is 0. The summed E-state index contributed by atoms with van der Waals surface area (Å²) in [7, 11) is 0. The molecule has 1 heterocycles. The SMILES string of the molecule is Cc1ccc2nc3ccccc3cc2c1N. The summed E-state index contributed by atoms with van der Waals surface area (Å²) < 4.78 is 0. The first-order chi connectivity index (χ1) is 7.75. The first-order valence-electron chi connectivity index (χ1n) is 5.30. The Morgan fingerprint density at radius 2 is 1.81 bits per heavy atom. The van der Waals surface area contributed by atoms with Gasteiger partial charge in [-0.3, -0.25) is 0 Å². The van der Waals surface area contributed by atoms with Crippen LogP contribution in [0.25, 0.3) is 21.8 Å². The highest BCUT2D eigenvalue weighted by atomic mass is 14.7. The molecule has 0 aliphatic rings. The van der Waals surface area contributed by atoms with Gasteiger partial charge in [-0.1, -0.05) is 24.3 Å². The number of benzene rings is 2. The van der Waals surface area contributed by atoms with E-state index in [1.54, 1.807) is 0 Å². The lowest BCUT2D eigenvalue weighted by atomic mass is 10.1. The van der Waals surface area contributed by atoms with Crippen LogP contribution in [0.5, 0.6) is 0 Å². The third-order valence-electron chi connectivity index (χ3n) is 2.96. The molecule has 0 unspecified atom stereocenters. The van der Waals surface area contributed by atoms with Crippen molar-refractivity contribution in [1.82, 2.24) is 4.98 Å². The fourth-order valence-corrected chi connectivity index (χ4v) is 1.98. The number of para-hydroxylation sites is 1. The van der Waals surface area contributed by atoms with Gasteiger partial charge in [0.15, 0.2) is 0 Å². The Labute approximate surface area is 93.7 Å². The van der Waals surface area contributed by atoms with Gasteiger partial charge in [0.2, 0.25) is 0 Å². The van der Waals surface area contributed by atoms with Crippen LogP contribution in [-0.4, -0.2) is 4.98 Å². The Kier molecular flexibility index (Phi) is 1.83. The third-order valence-corrected chi connectivity index (χ3v) is 2.96.